The van der Waals surface area contributed by atoms with Gasteiger partial charge in [0, 0.05) is 10.0 Å². The highest BCUT2D eigenvalue weighted by molar-refractivity contribution is 9.10. The predicted molar refractivity (Wildman–Crippen MR) is 85.8 cm³/mol. The number of ether oxygens (including phenoxy) is 1. The molecule has 4 heteroatoms. The van der Waals surface area contributed by atoms with Crippen molar-refractivity contribution in [2.24, 2.45) is 0 Å². The maximum Gasteiger partial charge on any atom is 0.336 e. The summed E-state index contributed by atoms with van der Waals surface area (Å²) in [5.41, 5.74) is 1.94. The second-order valence-electron chi connectivity index (χ2n) is 4.53. The minimum absolute atomic E-state index is 0.217. The summed E-state index contributed by atoms with van der Waals surface area (Å²) in [6, 6.07) is 12.7. The Morgan fingerprint density at radius 2 is 1.95 bits per heavy atom. The second-order valence-corrected chi connectivity index (χ2v) is 5.45. The second kappa shape index (κ2) is 7.09. The van der Waals surface area contributed by atoms with Crippen LogP contribution in [0.1, 0.15) is 21.5 Å². The molecule has 0 bridgehead atoms. The van der Waals surface area contributed by atoms with Crippen LogP contribution in [0.4, 0.5) is 0 Å². The minimum Gasteiger partial charge on any atom is -0.489 e. The third-order valence-electron chi connectivity index (χ3n) is 2.99. The van der Waals surface area contributed by atoms with Crippen molar-refractivity contribution < 1.29 is 14.6 Å². The van der Waals surface area contributed by atoms with Crippen LogP contribution in [0.15, 0.2) is 59.6 Å². The van der Waals surface area contributed by atoms with Gasteiger partial charge in [0.05, 0.1) is 5.56 Å². The van der Waals surface area contributed by atoms with Crippen molar-refractivity contribution in [2.45, 2.75) is 13.0 Å². The van der Waals surface area contributed by atoms with E-state index in [1.165, 1.54) is 0 Å². The molecule has 2 aromatic carbocycles. The SMILES string of the molecule is C=CCc1ccc(C(=O)O)c(COc2ccc(Br)cc2)c1. The Morgan fingerprint density at radius 3 is 2.57 bits per heavy atom. The maximum atomic E-state index is 11.3. The van der Waals surface area contributed by atoms with Gasteiger partial charge < -0.3 is 9.84 Å². The molecule has 0 unspecified atom stereocenters. The minimum atomic E-state index is -0.949. The number of aromatic carboxylic acids is 1. The van der Waals surface area contributed by atoms with Crippen molar-refractivity contribution in [3.8, 4) is 5.75 Å². The predicted octanol–water partition coefficient (Wildman–Crippen LogP) is 4.45. The normalized spacial score (nSPS) is 10.1. The van der Waals surface area contributed by atoms with Gasteiger partial charge in [-0.05, 0) is 42.3 Å². The van der Waals surface area contributed by atoms with Gasteiger partial charge in [-0.2, -0.15) is 0 Å². The van der Waals surface area contributed by atoms with Gasteiger partial charge in [0.1, 0.15) is 12.4 Å². The lowest BCUT2D eigenvalue weighted by Gasteiger charge is -2.10. The van der Waals surface area contributed by atoms with Crippen molar-refractivity contribution in [2.75, 3.05) is 0 Å². The summed E-state index contributed by atoms with van der Waals surface area (Å²) in [5, 5.41) is 9.24. The topological polar surface area (TPSA) is 46.5 Å². The lowest BCUT2D eigenvalue weighted by Crippen LogP contribution is -2.06. The molecule has 0 aliphatic rings. The van der Waals surface area contributed by atoms with Crippen LogP contribution < -0.4 is 4.74 Å². The molecule has 3 nitrogen and oxygen atoms in total. The fraction of sp³-hybridized carbons (Fsp3) is 0.118. The van der Waals surface area contributed by atoms with Crippen LogP contribution in [0.5, 0.6) is 5.75 Å². The lowest BCUT2D eigenvalue weighted by atomic mass is 10.0. The van der Waals surface area contributed by atoms with Gasteiger partial charge in [-0.15, -0.1) is 6.58 Å². The highest BCUT2D eigenvalue weighted by Crippen LogP contribution is 2.19. The van der Waals surface area contributed by atoms with E-state index in [0.717, 1.165) is 10.0 Å². The summed E-state index contributed by atoms with van der Waals surface area (Å²) >= 11 is 3.36. The molecule has 0 aliphatic carbocycles. The number of allylic oxidation sites excluding steroid dienone is 1. The number of carboxylic acids is 1. The summed E-state index contributed by atoms with van der Waals surface area (Å²) in [5.74, 6) is -0.252. The summed E-state index contributed by atoms with van der Waals surface area (Å²) in [6.45, 7) is 3.91. The van der Waals surface area contributed by atoms with Crippen LogP contribution >= 0.6 is 15.9 Å². The maximum absolute atomic E-state index is 11.3. The van der Waals surface area contributed by atoms with Crippen LogP contribution in [0.3, 0.4) is 0 Å². The number of halogens is 1. The first-order chi connectivity index (χ1) is 10.1. The third-order valence-corrected chi connectivity index (χ3v) is 3.52. The Balaban J connectivity index is 2.19. The molecule has 108 valence electrons. The van der Waals surface area contributed by atoms with Gasteiger partial charge in [-0.25, -0.2) is 4.79 Å². The number of hydrogen-bond donors (Lipinski definition) is 1. The Morgan fingerprint density at radius 1 is 1.24 bits per heavy atom. The first kappa shape index (κ1) is 15.3. The zero-order valence-corrected chi connectivity index (χ0v) is 13.0. The molecule has 0 radical (unpaired) electrons. The standard InChI is InChI=1S/C17H15BrO3/c1-2-3-12-4-9-16(17(19)20)13(10-12)11-21-15-7-5-14(18)6-8-15/h2,4-10H,1,3,11H2,(H,19,20). The summed E-state index contributed by atoms with van der Waals surface area (Å²) in [6.07, 6.45) is 2.49. The Kier molecular flexibility index (Phi) is 5.17. The smallest absolute Gasteiger partial charge is 0.336 e. The number of carboxylic acid groups (broad SMARTS) is 1. The fourth-order valence-corrected chi connectivity index (χ4v) is 2.22. The van der Waals surface area contributed by atoms with E-state index >= 15 is 0 Å². The molecule has 0 fully saturated rings. The molecule has 0 aromatic heterocycles. The van der Waals surface area contributed by atoms with Crippen molar-refractivity contribution >= 4 is 21.9 Å². The van der Waals surface area contributed by atoms with Crippen LogP contribution in [0.25, 0.3) is 0 Å². The third kappa shape index (κ3) is 4.20. The van der Waals surface area contributed by atoms with Crippen LogP contribution in [0, 0.1) is 0 Å². The number of benzene rings is 2. The van der Waals surface area contributed by atoms with E-state index in [4.69, 9.17) is 4.74 Å². The first-order valence-electron chi connectivity index (χ1n) is 6.44. The number of carbonyl (C=O) groups is 1. The van der Waals surface area contributed by atoms with Gasteiger partial charge in [-0.1, -0.05) is 34.1 Å². The first-order valence-corrected chi connectivity index (χ1v) is 7.24. The number of rotatable bonds is 6. The monoisotopic (exact) mass is 346 g/mol. The van der Waals surface area contributed by atoms with Crippen molar-refractivity contribution in [1.29, 1.82) is 0 Å². The molecular weight excluding hydrogens is 332 g/mol. The average Bonchev–Trinajstić information content (AvgIpc) is 2.47. The zero-order valence-electron chi connectivity index (χ0n) is 11.4. The molecule has 2 aromatic rings. The van der Waals surface area contributed by atoms with E-state index in [0.29, 0.717) is 17.7 Å². The van der Waals surface area contributed by atoms with Crippen molar-refractivity contribution in [3.05, 3.63) is 76.3 Å². The van der Waals surface area contributed by atoms with Gasteiger partial charge in [0.25, 0.3) is 0 Å². The fourth-order valence-electron chi connectivity index (χ4n) is 1.96. The van der Waals surface area contributed by atoms with Crippen molar-refractivity contribution in [1.82, 2.24) is 0 Å². The zero-order chi connectivity index (χ0) is 15.2. The van der Waals surface area contributed by atoms with E-state index in [2.05, 4.69) is 22.5 Å². The Bertz CT molecular complexity index is 648. The molecule has 0 saturated heterocycles. The molecule has 0 heterocycles. The molecular formula is C17H15BrO3. The summed E-state index contributed by atoms with van der Waals surface area (Å²) in [4.78, 5) is 11.3. The molecule has 0 spiro atoms. The molecule has 0 saturated carbocycles. The molecule has 1 N–H and O–H groups in total. The van der Waals surface area contributed by atoms with Gasteiger partial charge in [0.15, 0.2) is 0 Å². The lowest BCUT2D eigenvalue weighted by molar-refractivity contribution is 0.0694. The number of hydrogen-bond acceptors (Lipinski definition) is 2. The quantitative estimate of drug-likeness (QED) is 0.785. The van der Waals surface area contributed by atoms with Gasteiger partial charge in [0.2, 0.25) is 0 Å². The summed E-state index contributed by atoms with van der Waals surface area (Å²) in [7, 11) is 0. The highest BCUT2D eigenvalue weighted by atomic mass is 79.9. The largest absolute Gasteiger partial charge is 0.489 e. The molecule has 0 aliphatic heterocycles. The molecule has 0 amide bonds. The van der Waals surface area contributed by atoms with Crippen molar-refractivity contribution in [3.63, 3.8) is 0 Å². The Labute approximate surface area is 132 Å². The van der Waals surface area contributed by atoms with E-state index in [1.807, 2.05) is 30.3 Å². The van der Waals surface area contributed by atoms with Crippen LogP contribution in [-0.2, 0) is 13.0 Å². The van der Waals surface area contributed by atoms with Crippen LogP contribution in [-0.4, -0.2) is 11.1 Å². The molecule has 0 atom stereocenters. The van der Waals surface area contributed by atoms with Gasteiger partial charge >= 0.3 is 5.97 Å². The molecule has 21 heavy (non-hydrogen) atoms. The van der Waals surface area contributed by atoms with E-state index < -0.39 is 5.97 Å². The average molecular weight is 347 g/mol. The van der Waals surface area contributed by atoms with E-state index in [1.54, 1.807) is 18.2 Å². The molecule has 2 rings (SSSR count). The Hall–Kier alpha value is -2.07. The van der Waals surface area contributed by atoms with E-state index in [9.17, 15) is 9.90 Å². The highest BCUT2D eigenvalue weighted by Gasteiger charge is 2.11. The summed E-state index contributed by atoms with van der Waals surface area (Å²) < 4.78 is 6.63. The van der Waals surface area contributed by atoms with Gasteiger partial charge in [-0.3, -0.25) is 0 Å². The van der Waals surface area contributed by atoms with Crippen LogP contribution in [0.2, 0.25) is 0 Å². The van der Waals surface area contributed by atoms with E-state index in [-0.39, 0.29) is 12.2 Å².